The van der Waals surface area contributed by atoms with Crippen molar-refractivity contribution >= 4 is 29.9 Å². The number of hydrogen-bond acceptors (Lipinski definition) is 17. The van der Waals surface area contributed by atoms with E-state index in [1.54, 1.807) is 49.6 Å². The van der Waals surface area contributed by atoms with Gasteiger partial charge in [-0.25, -0.2) is 9.59 Å². The Hall–Kier alpha value is -10.2. The van der Waals surface area contributed by atoms with Crippen molar-refractivity contribution in [1.29, 1.82) is 0 Å². The van der Waals surface area contributed by atoms with E-state index in [9.17, 15) is 24.0 Å². The molecule has 22 heteroatoms. The number of aryl methyl sites for hydroxylation is 2. The molecule has 0 bridgehead atoms. The van der Waals surface area contributed by atoms with E-state index in [0.29, 0.717) is 127 Å². The zero-order valence-corrected chi connectivity index (χ0v) is 60.0. The van der Waals surface area contributed by atoms with Gasteiger partial charge in [0.15, 0.2) is 6.61 Å². The van der Waals surface area contributed by atoms with Crippen LogP contribution in [0.25, 0.3) is 22.3 Å². The fourth-order valence-corrected chi connectivity index (χ4v) is 11.4. The predicted molar refractivity (Wildman–Crippen MR) is 396 cm³/mol. The lowest BCUT2D eigenvalue weighted by atomic mass is 9.98. The van der Waals surface area contributed by atoms with Gasteiger partial charge >= 0.3 is 12.2 Å². The highest BCUT2D eigenvalue weighted by Gasteiger charge is 2.31. The Morgan fingerprint density at radius 1 is 0.433 bits per heavy atom. The fraction of sp³-hybridized carbons (Fsp3) is 0.354. The molecule has 5 amide bonds. The van der Waals surface area contributed by atoms with Crippen molar-refractivity contribution in [3.63, 3.8) is 0 Å². The molecule has 22 nitrogen and oxygen atoms in total. The van der Waals surface area contributed by atoms with E-state index in [1.165, 1.54) is 18.2 Å². The minimum Gasteiger partial charge on any atom is -0.497 e. The molecule has 0 aliphatic heterocycles. The van der Waals surface area contributed by atoms with Crippen LogP contribution in [0.2, 0.25) is 0 Å². The number of methoxy groups -OCH3 is 2. The SMILES string of the molecule is CCCO.COc1ccc(C(N[13C](=O)[13CH2]NC(=O)OCC2c3ccccc3-c3ccccc32)c2ccc(OCC(=O)NCCOCCOCCOCc3ccc(C)cc3)cc2)c(OC)c1.Cc1ccc(COCCOCCOCCNC(=O)CNC(=O)OCC2c3ccccc3-c3ccccc32)cc1. The Balaban J connectivity index is 0.000000273. The standard InChI is InChI=1S/C48H53N3O10.C31H36N2O6.C3H8O/c1-33-12-14-34(15-13-33)30-59-27-26-58-25-24-57-23-22-49-46(53)32-60-36-18-16-35(17-19-36)47(42-21-20-37(55-2)28-44(42)56-3)51-45(52)29-50-48(54)61-31-43-40-10-6-4-8-38(40)39-9-5-7-11-41(39)43;1-23-10-12-24(13-11-23)21-38-19-18-37-17-16-36-15-14-32-30(34)20-33-31(35)39-22-29-27-8-4-2-6-25(27)26-7-3-5-9-28(26)29;1-2-3-4/h4-21,28,43,47H,22-27,29-32H2,1-3H3,(H,49,53)(H,50,54)(H,51,52);2-13,29H,14-22H2,1H3,(H,32,34)(H,33,35);4H,2-3H2,1H3/i29+1,45+1;;. The Kier molecular flexibility index (Phi) is 33.9. The molecular formula is C82H97N5O17. The maximum Gasteiger partial charge on any atom is 0.407 e. The van der Waals surface area contributed by atoms with Gasteiger partial charge in [-0.3, -0.25) is 14.4 Å². The van der Waals surface area contributed by atoms with Crippen LogP contribution < -0.4 is 40.8 Å². The number of fused-ring (bicyclic) bond motifs is 6. The predicted octanol–water partition coefficient (Wildman–Crippen LogP) is 11.1. The number of benzene rings is 8. The first kappa shape index (κ1) is 79.5. The lowest BCUT2D eigenvalue weighted by molar-refractivity contribution is -0.123. The molecule has 0 aromatic heterocycles. The zero-order chi connectivity index (χ0) is 73.5. The molecule has 0 saturated heterocycles. The first-order valence-electron chi connectivity index (χ1n) is 35.0. The van der Waals surface area contributed by atoms with Crippen LogP contribution in [0.3, 0.4) is 0 Å². The summed E-state index contributed by atoms with van der Waals surface area (Å²) in [5.41, 5.74) is 15.1. The third-order valence-electron chi connectivity index (χ3n) is 16.7. The lowest BCUT2D eigenvalue weighted by Crippen LogP contribution is -2.39. The van der Waals surface area contributed by atoms with Crippen LogP contribution >= 0.6 is 0 Å². The number of nitrogens with one attached hydrogen (secondary N) is 5. The number of rotatable bonds is 39. The van der Waals surface area contributed by atoms with Crippen LogP contribution in [-0.2, 0) is 65.5 Å². The number of alkyl carbamates (subject to hydrolysis) is 2. The van der Waals surface area contributed by atoms with E-state index < -0.39 is 24.1 Å². The number of hydrogen-bond donors (Lipinski definition) is 6. The van der Waals surface area contributed by atoms with Gasteiger partial charge in [0.05, 0.1) is 106 Å². The van der Waals surface area contributed by atoms with Crippen molar-refractivity contribution in [2.45, 2.75) is 58.3 Å². The Morgan fingerprint density at radius 2 is 0.827 bits per heavy atom. The minimum absolute atomic E-state index is 0.0238. The van der Waals surface area contributed by atoms with Crippen molar-refractivity contribution in [3.05, 3.63) is 244 Å². The van der Waals surface area contributed by atoms with Crippen molar-refractivity contribution < 1.29 is 81.2 Å². The summed E-state index contributed by atoms with van der Waals surface area (Å²) in [4.78, 5) is 62.9. The second-order valence-corrected chi connectivity index (χ2v) is 24.3. The molecular weight excluding hydrogens is 1330 g/mol. The van der Waals surface area contributed by atoms with E-state index in [0.717, 1.165) is 62.1 Å². The maximum absolute atomic E-state index is 13.4. The number of ether oxygens (including phenoxy) is 11. The number of aliphatic hydroxyl groups excluding tert-OH is 1. The highest BCUT2D eigenvalue weighted by molar-refractivity contribution is 5.84. The molecule has 2 aliphatic rings. The van der Waals surface area contributed by atoms with Crippen molar-refractivity contribution in [2.75, 3.05) is 133 Å². The molecule has 1 unspecified atom stereocenters. The van der Waals surface area contributed by atoms with E-state index in [4.69, 9.17) is 57.2 Å². The Morgan fingerprint density at radius 3 is 1.25 bits per heavy atom. The number of carbonyl (C=O) groups excluding carboxylic acids is 5. The van der Waals surface area contributed by atoms with Crippen molar-refractivity contribution in [3.8, 4) is 39.5 Å². The van der Waals surface area contributed by atoms with Crippen molar-refractivity contribution in [2.24, 2.45) is 0 Å². The molecule has 0 heterocycles. The van der Waals surface area contributed by atoms with Crippen LogP contribution in [0.1, 0.15) is 86.9 Å². The van der Waals surface area contributed by atoms with Crippen LogP contribution in [0.15, 0.2) is 188 Å². The molecule has 0 spiro atoms. The molecule has 552 valence electrons. The molecule has 0 radical (unpaired) electrons. The fourth-order valence-electron chi connectivity index (χ4n) is 11.4. The number of carbonyl (C=O) groups is 5. The Labute approximate surface area is 609 Å². The minimum atomic E-state index is -0.703. The molecule has 0 saturated carbocycles. The van der Waals surface area contributed by atoms with Gasteiger partial charge in [0.2, 0.25) is 11.8 Å². The molecule has 10 rings (SSSR count). The van der Waals surface area contributed by atoms with Gasteiger partial charge in [0.1, 0.15) is 37.0 Å². The van der Waals surface area contributed by atoms with Gasteiger partial charge < -0.3 is 83.8 Å². The quantitative estimate of drug-likeness (QED) is 0.0154. The average Bonchev–Trinajstić information content (AvgIpc) is 1.61. The van der Waals surface area contributed by atoms with Gasteiger partial charge in [0, 0.05) is 43.2 Å². The lowest BCUT2D eigenvalue weighted by Gasteiger charge is -2.23. The first-order valence-corrected chi connectivity index (χ1v) is 35.0. The van der Waals surface area contributed by atoms with Gasteiger partial charge in [-0.1, -0.05) is 176 Å². The molecule has 8 aromatic rings. The summed E-state index contributed by atoms with van der Waals surface area (Å²) >= 11 is 0. The van der Waals surface area contributed by atoms with Crippen LogP contribution in [0.4, 0.5) is 9.59 Å². The van der Waals surface area contributed by atoms with E-state index in [2.05, 4.69) is 125 Å². The molecule has 8 aromatic carbocycles. The highest BCUT2D eigenvalue weighted by Crippen LogP contribution is 2.46. The van der Waals surface area contributed by atoms with Crippen LogP contribution in [0, 0.1) is 13.8 Å². The van der Waals surface area contributed by atoms with E-state index in [1.807, 2.05) is 67.6 Å². The number of aliphatic hydroxyl groups is 1. The summed E-state index contributed by atoms with van der Waals surface area (Å²) < 4.78 is 61.1. The molecule has 1 atom stereocenters. The van der Waals surface area contributed by atoms with Crippen LogP contribution in [-0.4, -0.2) is 168 Å². The normalized spacial score (nSPS) is 11.9. The van der Waals surface area contributed by atoms with E-state index >= 15 is 0 Å². The highest BCUT2D eigenvalue weighted by atomic mass is 16.6. The summed E-state index contributed by atoms with van der Waals surface area (Å²) in [6, 6.07) is 60.5. The Bertz CT molecular complexity index is 3840. The largest absolute Gasteiger partial charge is 0.497 e. The topological polar surface area (TPSA) is 267 Å². The third-order valence-corrected chi connectivity index (χ3v) is 16.7. The second-order valence-electron chi connectivity index (χ2n) is 24.3. The average molecular weight is 1430 g/mol. The molecule has 2 aliphatic carbocycles. The molecule has 0 fully saturated rings. The van der Waals surface area contributed by atoms with E-state index in [-0.39, 0.29) is 56.6 Å². The maximum atomic E-state index is 13.4. The monoisotopic (exact) mass is 1430 g/mol. The molecule has 6 N–H and O–H groups in total. The third kappa shape index (κ3) is 26.0. The number of amides is 5. The van der Waals surface area contributed by atoms with Crippen molar-refractivity contribution in [1.82, 2.24) is 26.6 Å². The van der Waals surface area contributed by atoms with Gasteiger partial charge in [-0.15, -0.1) is 0 Å². The summed E-state index contributed by atoms with van der Waals surface area (Å²) in [7, 11) is 3.09. The smallest absolute Gasteiger partial charge is 0.407 e. The first-order chi connectivity index (χ1) is 50.8. The summed E-state index contributed by atoms with van der Waals surface area (Å²) in [6.45, 7) is 12.1. The summed E-state index contributed by atoms with van der Waals surface area (Å²) in [5, 5.41) is 21.5. The summed E-state index contributed by atoms with van der Waals surface area (Å²) in [6.07, 6.45) is -0.450. The van der Waals surface area contributed by atoms with Gasteiger partial charge in [0.25, 0.3) is 5.91 Å². The zero-order valence-electron chi connectivity index (χ0n) is 60.0. The second kappa shape index (κ2) is 44.4. The summed E-state index contributed by atoms with van der Waals surface area (Å²) in [5.74, 6) is 0.328. The van der Waals surface area contributed by atoms with Gasteiger partial charge in [-0.05, 0) is 106 Å². The molecule has 104 heavy (non-hydrogen) atoms. The van der Waals surface area contributed by atoms with Gasteiger partial charge in [-0.2, -0.15) is 0 Å². The van der Waals surface area contributed by atoms with Crippen LogP contribution in [0.5, 0.6) is 17.2 Å².